The van der Waals surface area contributed by atoms with Gasteiger partial charge >= 0.3 is 18.3 Å². The number of carboxylic acid groups (broad SMARTS) is 1. The van der Waals surface area contributed by atoms with Crippen molar-refractivity contribution < 1.29 is 50.9 Å². The van der Waals surface area contributed by atoms with Gasteiger partial charge in [-0.15, -0.1) is 5.54 Å². The zero-order valence-electron chi connectivity index (χ0n) is 37.1. The van der Waals surface area contributed by atoms with Gasteiger partial charge < -0.3 is 24.2 Å². The number of piperazine rings is 1. The lowest BCUT2D eigenvalue weighted by atomic mass is 9.71. The summed E-state index contributed by atoms with van der Waals surface area (Å²) >= 11 is 0. The van der Waals surface area contributed by atoms with E-state index in [1.165, 1.54) is 43.2 Å². The van der Waals surface area contributed by atoms with Gasteiger partial charge in [0.15, 0.2) is 25.0 Å². The Morgan fingerprint density at radius 2 is 1.66 bits per heavy atom. The molecule has 334 valence electrons. The summed E-state index contributed by atoms with van der Waals surface area (Å²) in [5.41, 5.74) is 1.70. The molecule has 0 aliphatic carbocycles. The SMILES string of the molecule is COCOc1cc(-c2c(C(C)=O)cc3c(N4C[C@@H]5CC[C@@](C(C)(C)C)(C4)N5C(=O)O)nc(OCC(F)(F)F)nc3c2F)c2c(C#C[Si](C(C)C)(C(C)C)C(C)C)c(F)ccc2c1. The number of nitrogens with zero attached hydrogens (tertiary/aromatic N) is 4. The highest BCUT2D eigenvalue weighted by molar-refractivity contribution is 6.90. The maximum absolute atomic E-state index is 18.0. The number of halogens is 5. The lowest BCUT2D eigenvalue weighted by Gasteiger charge is -2.54. The van der Waals surface area contributed by atoms with Crippen LogP contribution in [0.5, 0.6) is 11.8 Å². The molecule has 4 aromatic rings. The van der Waals surface area contributed by atoms with Crippen LogP contribution < -0.4 is 14.4 Å². The molecule has 2 aliphatic rings. The molecule has 6 rings (SSSR count). The number of Topliss-reactive ketones (excluding diaryl/α,β-unsaturated/α-hetero) is 1. The van der Waals surface area contributed by atoms with E-state index in [0.29, 0.717) is 18.2 Å². The largest absolute Gasteiger partial charge is 0.468 e. The summed E-state index contributed by atoms with van der Waals surface area (Å²) < 4.78 is 91.3. The first-order valence-electron chi connectivity index (χ1n) is 20.8. The Kier molecular flexibility index (Phi) is 12.7. The quantitative estimate of drug-likeness (QED) is 0.0517. The first-order valence-corrected chi connectivity index (χ1v) is 23.0. The van der Waals surface area contributed by atoms with Crippen LogP contribution in [0.15, 0.2) is 30.3 Å². The topological polar surface area (TPSA) is 114 Å². The number of rotatable bonds is 11. The van der Waals surface area contributed by atoms with Gasteiger partial charge in [0, 0.05) is 42.1 Å². The average Bonchev–Trinajstić information content (AvgIpc) is 3.43. The van der Waals surface area contributed by atoms with Crippen LogP contribution in [0.2, 0.25) is 16.6 Å². The zero-order chi connectivity index (χ0) is 45.9. The van der Waals surface area contributed by atoms with Gasteiger partial charge in [-0.3, -0.25) is 9.69 Å². The van der Waals surface area contributed by atoms with Crippen LogP contribution in [0.4, 0.5) is 32.6 Å². The normalized spacial score (nSPS) is 18.3. The van der Waals surface area contributed by atoms with Crippen LogP contribution in [0, 0.1) is 28.5 Å². The van der Waals surface area contributed by atoms with Gasteiger partial charge in [0.25, 0.3) is 0 Å². The number of methoxy groups -OCH3 is 1. The molecule has 2 aliphatic heterocycles. The fraction of sp³-hybridized carbons (Fsp3) is 0.522. The molecule has 16 heteroatoms. The molecule has 1 amide bonds. The minimum absolute atomic E-state index is 0.00749. The maximum atomic E-state index is 18.0. The number of carbonyl (C=O) groups excluding carboxylic acids is 1. The molecule has 10 nitrogen and oxygen atoms in total. The van der Waals surface area contributed by atoms with Crippen LogP contribution in [-0.2, 0) is 4.74 Å². The molecule has 2 bridgehead atoms. The van der Waals surface area contributed by atoms with Gasteiger partial charge in [-0.1, -0.05) is 74.3 Å². The second-order valence-electron chi connectivity index (χ2n) is 18.5. The molecular formula is C46H55F5N4O6Si. The Balaban J connectivity index is 1.71. The monoisotopic (exact) mass is 882 g/mol. The van der Waals surface area contributed by atoms with E-state index >= 15 is 8.78 Å². The number of benzene rings is 3. The molecule has 0 radical (unpaired) electrons. The first-order chi connectivity index (χ1) is 28.9. The summed E-state index contributed by atoms with van der Waals surface area (Å²) in [7, 11) is -1.04. The molecule has 3 aromatic carbocycles. The summed E-state index contributed by atoms with van der Waals surface area (Å²) in [5, 5.41) is 11.0. The highest BCUT2D eigenvalue weighted by Crippen LogP contribution is 2.51. The summed E-state index contributed by atoms with van der Waals surface area (Å²) in [4.78, 5) is 38.4. The Morgan fingerprint density at radius 3 is 2.23 bits per heavy atom. The number of hydrogen-bond acceptors (Lipinski definition) is 8. The second-order valence-corrected chi connectivity index (χ2v) is 24.1. The second kappa shape index (κ2) is 16.9. The maximum Gasteiger partial charge on any atom is 0.422 e. The van der Waals surface area contributed by atoms with E-state index in [1.54, 1.807) is 11.0 Å². The number of ketones is 1. The van der Waals surface area contributed by atoms with Crippen molar-refractivity contribution in [2.24, 2.45) is 5.41 Å². The number of anilines is 1. The molecule has 62 heavy (non-hydrogen) atoms. The Hall–Kier alpha value is -5.01. The lowest BCUT2D eigenvalue weighted by molar-refractivity contribution is -0.154. The molecule has 2 fully saturated rings. The number of aromatic nitrogens is 2. The number of ether oxygens (including phenoxy) is 3. The zero-order valence-corrected chi connectivity index (χ0v) is 38.1. The van der Waals surface area contributed by atoms with Crippen molar-refractivity contribution in [3.63, 3.8) is 0 Å². The third kappa shape index (κ3) is 8.18. The first kappa shape index (κ1) is 46.5. The summed E-state index contributed by atoms with van der Waals surface area (Å²) in [5.74, 6) is 1.02. The Morgan fingerprint density at radius 1 is 1.00 bits per heavy atom. The lowest BCUT2D eigenvalue weighted by Crippen LogP contribution is -2.68. The van der Waals surface area contributed by atoms with Gasteiger partial charge in [0.2, 0.25) is 0 Å². The molecule has 2 atom stereocenters. The standard InChI is InChI=1S/C46H55F5N4O6Si/c1-25(2)62(26(3)4,27(5)6)17-15-32-36(47)13-12-29-18-31(61-24-59-11)19-34(37(29)32)38-33(28(7)56)20-35-40(39(38)48)52-42(60-23-46(49,50)51)53-41(35)54-21-30-14-16-45(22-54,44(8,9)10)55(30)43(57)58/h12-13,18-20,25-27,30H,14,16,21-24H2,1-11H3,(H,57,58)/t30-,45-/m0/s1. The smallest absolute Gasteiger partial charge is 0.422 e. The van der Waals surface area contributed by atoms with Crippen LogP contribution >= 0.6 is 0 Å². The minimum Gasteiger partial charge on any atom is -0.468 e. The van der Waals surface area contributed by atoms with Crippen LogP contribution in [0.3, 0.4) is 0 Å². The van der Waals surface area contributed by atoms with Crippen molar-refractivity contribution >= 4 is 47.4 Å². The summed E-state index contributed by atoms with van der Waals surface area (Å²) in [6, 6.07) is 5.95. The molecule has 0 unspecified atom stereocenters. The van der Waals surface area contributed by atoms with Crippen molar-refractivity contribution in [3.05, 3.63) is 53.1 Å². The van der Waals surface area contributed by atoms with Crippen molar-refractivity contribution in [1.29, 1.82) is 0 Å². The number of hydrogen-bond donors (Lipinski definition) is 1. The number of carbonyl (C=O) groups is 2. The van der Waals surface area contributed by atoms with Crippen molar-refractivity contribution in [3.8, 4) is 34.4 Å². The van der Waals surface area contributed by atoms with Gasteiger partial charge in [-0.25, -0.2) is 13.6 Å². The average molecular weight is 883 g/mol. The van der Waals surface area contributed by atoms with E-state index in [1.807, 2.05) is 20.8 Å². The van der Waals surface area contributed by atoms with E-state index < -0.39 is 72.9 Å². The van der Waals surface area contributed by atoms with Crippen molar-refractivity contribution in [1.82, 2.24) is 14.9 Å². The minimum atomic E-state index is -4.80. The van der Waals surface area contributed by atoms with Crippen molar-refractivity contribution in [2.45, 2.75) is 116 Å². The van der Waals surface area contributed by atoms with Gasteiger partial charge in [0.05, 0.1) is 17.1 Å². The predicted octanol–water partition coefficient (Wildman–Crippen LogP) is 11.2. The van der Waals surface area contributed by atoms with Crippen LogP contribution in [-0.4, -0.2) is 91.3 Å². The number of fused-ring (bicyclic) bond motifs is 4. The van der Waals surface area contributed by atoms with E-state index in [-0.39, 0.29) is 81.1 Å². The predicted molar refractivity (Wildman–Crippen MR) is 232 cm³/mol. The molecule has 3 heterocycles. The van der Waals surface area contributed by atoms with Gasteiger partial charge in [-0.2, -0.15) is 23.1 Å². The van der Waals surface area contributed by atoms with Crippen LogP contribution in [0.1, 0.15) is 98.0 Å². The van der Waals surface area contributed by atoms with E-state index in [9.17, 15) is 27.9 Å². The van der Waals surface area contributed by atoms with E-state index in [2.05, 4.69) is 63.0 Å². The Labute approximate surface area is 360 Å². The number of amides is 1. The van der Waals surface area contributed by atoms with Gasteiger partial charge in [-0.05, 0) is 77.0 Å². The third-order valence-electron chi connectivity index (χ3n) is 13.1. The molecule has 2 saturated heterocycles. The Bertz CT molecular complexity index is 2450. The van der Waals surface area contributed by atoms with E-state index in [0.717, 1.165) is 0 Å². The fourth-order valence-corrected chi connectivity index (χ4v) is 15.4. The highest BCUT2D eigenvalue weighted by atomic mass is 28.3. The molecule has 0 spiro atoms. The third-order valence-corrected chi connectivity index (χ3v) is 19.4. The van der Waals surface area contributed by atoms with Crippen LogP contribution in [0.25, 0.3) is 32.8 Å². The summed E-state index contributed by atoms with van der Waals surface area (Å²) in [6.45, 7) is 17.9. The number of alkyl halides is 3. The summed E-state index contributed by atoms with van der Waals surface area (Å²) in [6.07, 6.45) is -4.91. The highest BCUT2D eigenvalue weighted by Gasteiger charge is 2.59. The van der Waals surface area contributed by atoms with E-state index in [4.69, 9.17) is 14.2 Å². The molecule has 1 N–H and O–H groups in total. The molecule has 0 saturated carbocycles. The van der Waals surface area contributed by atoms with Gasteiger partial charge in [0.1, 0.15) is 31.0 Å². The molecular weight excluding hydrogens is 828 g/mol. The fourth-order valence-electron chi connectivity index (χ4n) is 10.2. The molecule has 1 aromatic heterocycles. The van der Waals surface area contributed by atoms with Crippen molar-refractivity contribution in [2.75, 3.05) is 38.5 Å².